The lowest BCUT2D eigenvalue weighted by Gasteiger charge is -2.23. The smallest absolute Gasteiger partial charge is 0.274 e. The summed E-state index contributed by atoms with van der Waals surface area (Å²) >= 11 is 0. The van der Waals surface area contributed by atoms with Crippen molar-refractivity contribution in [2.24, 2.45) is 0 Å². The van der Waals surface area contributed by atoms with Gasteiger partial charge in [-0.05, 0) is 32.0 Å². The minimum absolute atomic E-state index is 0.0143. The number of nitrogens with one attached hydrogen (secondary N) is 1. The molecule has 7 heteroatoms. The van der Waals surface area contributed by atoms with Crippen molar-refractivity contribution in [1.29, 1.82) is 0 Å². The number of hydrogen-bond donors (Lipinski definition) is 1. The zero-order valence-corrected chi connectivity index (χ0v) is 14.3. The van der Waals surface area contributed by atoms with Crippen molar-refractivity contribution in [3.63, 3.8) is 0 Å². The second kappa shape index (κ2) is 7.53. The summed E-state index contributed by atoms with van der Waals surface area (Å²) in [6, 6.07) is 4.02. The Labute approximate surface area is 142 Å². The van der Waals surface area contributed by atoms with Gasteiger partial charge in [0.05, 0.1) is 6.54 Å². The summed E-state index contributed by atoms with van der Waals surface area (Å²) in [6.45, 7) is 4.29. The normalized spacial score (nSPS) is 17.6. The zero-order valence-electron chi connectivity index (χ0n) is 14.3. The average molecular weight is 328 g/mol. The molecule has 1 N–H and O–H groups in total. The van der Waals surface area contributed by atoms with E-state index in [0.29, 0.717) is 18.3 Å². The first kappa shape index (κ1) is 16.6. The summed E-state index contributed by atoms with van der Waals surface area (Å²) < 4.78 is 0. The lowest BCUT2D eigenvalue weighted by atomic mass is 10.2. The third-order valence-electron chi connectivity index (χ3n) is 4.45. The molecule has 0 spiro atoms. The Balaban J connectivity index is 1.57. The van der Waals surface area contributed by atoms with E-state index in [1.165, 1.54) is 0 Å². The molecule has 0 unspecified atom stereocenters. The van der Waals surface area contributed by atoms with Crippen molar-refractivity contribution in [3.05, 3.63) is 41.7 Å². The molecule has 1 atom stereocenters. The number of likely N-dealkylation sites (N-methyl/N-ethyl adjacent to an activating group) is 1. The number of aromatic nitrogens is 4. The molecule has 0 radical (unpaired) electrons. The van der Waals surface area contributed by atoms with Gasteiger partial charge >= 0.3 is 0 Å². The predicted octanol–water partition coefficient (Wildman–Crippen LogP) is 1.50. The van der Waals surface area contributed by atoms with Crippen LogP contribution in [-0.4, -0.2) is 62.1 Å². The van der Waals surface area contributed by atoms with Crippen LogP contribution in [0.4, 0.5) is 0 Å². The Kier molecular flexibility index (Phi) is 5.20. The fraction of sp³-hybridized carbons (Fsp3) is 0.529. The number of carbonyl (C=O) groups is 1. The Morgan fingerprint density at radius 3 is 2.96 bits per heavy atom. The van der Waals surface area contributed by atoms with Crippen LogP contribution in [0.2, 0.25) is 0 Å². The number of aromatic amines is 1. The van der Waals surface area contributed by atoms with Crippen LogP contribution in [-0.2, 0) is 13.0 Å². The second-order valence-electron chi connectivity index (χ2n) is 6.30. The quantitative estimate of drug-likeness (QED) is 0.869. The first-order valence-corrected chi connectivity index (χ1v) is 8.47. The maximum Gasteiger partial charge on any atom is 0.274 e. The topological polar surface area (TPSA) is 78.0 Å². The average Bonchev–Trinajstić information content (AvgIpc) is 3.25. The van der Waals surface area contributed by atoms with Crippen LogP contribution in [0, 0.1) is 0 Å². The number of rotatable bonds is 6. The largest absolute Gasteiger partial charge is 0.336 e. The minimum atomic E-state index is 0.0143. The molecule has 2 aromatic rings. The molecule has 24 heavy (non-hydrogen) atoms. The molecule has 0 bridgehead atoms. The van der Waals surface area contributed by atoms with Crippen LogP contribution >= 0.6 is 0 Å². The molecule has 2 aromatic heterocycles. The highest BCUT2D eigenvalue weighted by Gasteiger charge is 2.30. The summed E-state index contributed by atoms with van der Waals surface area (Å²) in [5.41, 5.74) is 1.54. The van der Waals surface area contributed by atoms with Crippen molar-refractivity contribution < 1.29 is 4.79 Å². The van der Waals surface area contributed by atoms with Gasteiger partial charge in [-0.25, -0.2) is 9.97 Å². The van der Waals surface area contributed by atoms with E-state index < -0.39 is 0 Å². The number of likely N-dealkylation sites (tertiary alicyclic amines) is 1. The van der Waals surface area contributed by atoms with Crippen molar-refractivity contribution in [1.82, 2.24) is 30.0 Å². The van der Waals surface area contributed by atoms with Gasteiger partial charge in [0, 0.05) is 37.2 Å². The third kappa shape index (κ3) is 3.79. The number of carbonyl (C=O) groups excluding carboxylic acids is 1. The Morgan fingerprint density at radius 2 is 2.21 bits per heavy atom. The van der Waals surface area contributed by atoms with E-state index in [-0.39, 0.29) is 5.91 Å². The molecule has 128 valence electrons. The van der Waals surface area contributed by atoms with Gasteiger partial charge in [-0.3, -0.25) is 14.8 Å². The van der Waals surface area contributed by atoms with Gasteiger partial charge in [-0.15, -0.1) is 0 Å². The fourth-order valence-corrected chi connectivity index (χ4v) is 3.08. The highest BCUT2D eigenvalue weighted by atomic mass is 16.2. The summed E-state index contributed by atoms with van der Waals surface area (Å²) in [4.78, 5) is 25.2. The number of H-pyrrole nitrogens is 1. The maximum atomic E-state index is 12.6. The molecule has 3 heterocycles. The van der Waals surface area contributed by atoms with Crippen LogP contribution < -0.4 is 0 Å². The van der Waals surface area contributed by atoms with Crippen LogP contribution in [0.5, 0.6) is 0 Å². The Bertz CT molecular complexity index is 671. The van der Waals surface area contributed by atoms with Gasteiger partial charge in [0.15, 0.2) is 0 Å². The first-order chi connectivity index (χ1) is 11.7. The SMILES string of the molecule is CCCc1cc(C(=O)N2CC[C@@H](N(C)Cc3ncccn3)C2)n[nH]1. The lowest BCUT2D eigenvalue weighted by molar-refractivity contribution is 0.0773. The summed E-state index contributed by atoms with van der Waals surface area (Å²) in [5.74, 6) is 0.821. The monoisotopic (exact) mass is 328 g/mol. The van der Waals surface area contributed by atoms with E-state index >= 15 is 0 Å². The zero-order chi connectivity index (χ0) is 16.9. The van der Waals surface area contributed by atoms with E-state index in [1.54, 1.807) is 12.4 Å². The molecule has 1 fully saturated rings. The molecule has 3 rings (SSSR count). The fourth-order valence-electron chi connectivity index (χ4n) is 3.08. The summed E-state index contributed by atoms with van der Waals surface area (Å²) in [7, 11) is 2.06. The van der Waals surface area contributed by atoms with Crippen molar-refractivity contribution in [3.8, 4) is 0 Å². The molecule has 1 saturated heterocycles. The molecule has 7 nitrogen and oxygen atoms in total. The number of amides is 1. The van der Waals surface area contributed by atoms with E-state index in [0.717, 1.165) is 43.9 Å². The van der Waals surface area contributed by atoms with Crippen LogP contribution in [0.25, 0.3) is 0 Å². The predicted molar refractivity (Wildman–Crippen MR) is 90.4 cm³/mol. The molecular weight excluding hydrogens is 304 g/mol. The Morgan fingerprint density at radius 1 is 1.42 bits per heavy atom. The Hall–Kier alpha value is -2.28. The van der Waals surface area contributed by atoms with E-state index in [4.69, 9.17) is 0 Å². The first-order valence-electron chi connectivity index (χ1n) is 8.47. The van der Waals surface area contributed by atoms with Crippen LogP contribution in [0.3, 0.4) is 0 Å². The van der Waals surface area contributed by atoms with Crippen molar-refractivity contribution in [2.75, 3.05) is 20.1 Å². The molecule has 0 aromatic carbocycles. The summed E-state index contributed by atoms with van der Waals surface area (Å²) in [5, 5.41) is 7.12. The van der Waals surface area contributed by atoms with E-state index in [2.05, 4.69) is 39.0 Å². The van der Waals surface area contributed by atoms with Crippen LogP contribution in [0.15, 0.2) is 24.5 Å². The number of hydrogen-bond acceptors (Lipinski definition) is 5. The lowest BCUT2D eigenvalue weighted by Crippen LogP contribution is -2.36. The van der Waals surface area contributed by atoms with E-state index in [1.807, 2.05) is 17.0 Å². The van der Waals surface area contributed by atoms with Gasteiger partial charge in [-0.1, -0.05) is 13.3 Å². The molecule has 0 saturated carbocycles. The molecule has 1 aliphatic rings. The number of aryl methyl sites for hydroxylation is 1. The molecule has 1 amide bonds. The van der Waals surface area contributed by atoms with Gasteiger partial charge in [0.2, 0.25) is 0 Å². The van der Waals surface area contributed by atoms with Gasteiger partial charge < -0.3 is 4.90 Å². The van der Waals surface area contributed by atoms with Gasteiger partial charge in [-0.2, -0.15) is 5.10 Å². The van der Waals surface area contributed by atoms with Crippen molar-refractivity contribution >= 4 is 5.91 Å². The molecule has 0 aliphatic carbocycles. The third-order valence-corrected chi connectivity index (χ3v) is 4.45. The van der Waals surface area contributed by atoms with Crippen LogP contribution in [0.1, 0.15) is 41.8 Å². The highest BCUT2D eigenvalue weighted by molar-refractivity contribution is 5.92. The van der Waals surface area contributed by atoms with Crippen molar-refractivity contribution in [2.45, 2.75) is 38.8 Å². The molecule has 1 aliphatic heterocycles. The molecular formula is C17H24N6O. The highest BCUT2D eigenvalue weighted by Crippen LogP contribution is 2.18. The standard InChI is InChI=1S/C17H24N6O/c1-3-5-13-10-15(21-20-13)17(24)23-9-6-14(11-23)22(2)12-16-18-7-4-8-19-16/h4,7-8,10,14H,3,5-6,9,11-12H2,1-2H3,(H,20,21)/t14-/m1/s1. The van der Waals surface area contributed by atoms with Gasteiger partial charge in [0.25, 0.3) is 5.91 Å². The maximum absolute atomic E-state index is 12.6. The number of nitrogens with zero attached hydrogens (tertiary/aromatic N) is 5. The van der Waals surface area contributed by atoms with E-state index in [9.17, 15) is 4.79 Å². The second-order valence-corrected chi connectivity index (χ2v) is 6.30. The van der Waals surface area contributed by atoms with Gasteiger partial charge in [0.1, 0.15) is 11.5 Å². The minimum Gasteiger partial charge on any atom is -0.336 e. The summed E-state index contributed by atoms with van der Waals surface area (Å²) in [6.07, 6.45) is 6.43.